The first kappa shape index (κ1) is 11.8. The molecule has 0 bridgehead atoms. The third-order valence-corrected chi connectivity index (χ3v) is 2.57. The van der Waals surface area contributed by atoms with Crippen LogP contribution >= 0.6 is 0 Å². The first-order valence-electron chi connectivity index (χ1n) is 4.18. The molecule has 0 saturated heterocycles. The molecule has 2 N–H and O–H groups in total. The molecule has 0 saturated carbocycles. The van der Waals surface area contributed by atoms with Gasteiger partial charge in [0.25, 0.3) is 0 Å². The maximum Gasteiger partial charge on any atom is 0.213 e. The van der Waals surface area contributed by atoms with Gasteiger partial charge >= 0.3 is 0 Å². The molecule has 1 aromatic rings. The van der Waals surface area contributed by atoms with Gasteiger partial charge in [-0.1, -0.05) is 6.07 Å². The summed E-state index contributed by atoms with van der Waals surface area (Å²) in [6, 6.07) is 5.02. The number of primary sulfonamides is 1. The zero-order valence-electron chi connectivity index (χ0n) is 8.56. The Morgan fingerprint density at radius 3 is 2.00 bits per heavy atom. The molecule has 1 rings (SSSR count). The molecule has 15 heavy (non-hydrogen) atoms. The lowest BCUT2D eigenvalue weighted by Crippen LogP contribution is -2.15. The van der Waals surface area contributed by atoms with Crippen molar-refractivity contribution in [3.05, 3.63) is 23.8 Å². The minimum atomic E-state index is -3.60. The predicted molar refractivity (Wildman–Crippen MR) is 56.4 cm³/mol. The van der Waals surface area contributed by atoms with Crippen molar-refractivity contribution in [3.63, 3.8) is 0 Å². The van der Waals surface area contributed by atoms with Crippen molar-refractivity contribution in [2.45, 2.75) is 5.75 Å². The van der Waals surface area contributed by atoms with Gasteiger partial charge in [-0.25, -0.2) is 13.6 Å². The lowest BCUT2D eigenvalue weighted by molar-refractivity contribution is 0.387. The van der Waals surface area contributed by atoms with Crippen LogP contribution in [-0.4, -0.2) is 22.6 Å². The van der Waals surface area contributed by atoms with Crippen LogP contribution in [0.25, 0.3) is 0 Å². The minimum Gasteiger partial charge on any atom is -0.496 e. The van der Waals surface area contributed by atoms with Gasteiger partial charge in [0.1, 0.15) is 11.5 Å². The molecule has 0 atom stereocenters. The van der Waals surface area contributed by atoms with Crippen molar-refractivity contribution in [3.8, 4) is 11.5 Å². The number of sulfonamides is 1. The van der Waals surface area contributed by atoms with Crippen molar-refractivity contribution in [2.24, 2.45) is 5.14 Å². The van der Waals surface area contributed by atoms with E-state index < -0.39 is 10.0 Å². The molecule has 0 aliphatic rings. The third kappa shape index (κ3) is 3.10. The quantitative estimate of drug-likeness (QED) is 0.818. The highest BCUT2D eigenvalue weighted by Gasteiger charge is 2.15. The van der Waals surface area contributed by atoms with Gasteiger partial charge < -0.3 is 9.47 Å². The van der Waals surface area contributed by atoms with Gasteiger partial charge in [-0.2, -0.15) is 0 Å². The van der Waals surface area contributed by atoms with E-state index in [-0.39, 0.29) is 5.75 Å². The Morgan fingerprint density at radius 1 is 1.20 bits per heavy atom. The van der Waals surface area contributed by atoms with Gasteiger partial charge in [0.15, 0.2) is 0 Å². The lowest BCUT2D eigenvalue weighted by atomic mass is 10.2. The Bertz CT molecular complexity index is 419. The van der Waals surface area contributed by atoms with Crippen LogP contribution in [0.2, 0.25) is 0 Å². The fourth-order valence-electron chi connectivity index (χ4n) is 1.27. The number of rotatable bonds is 4. The Morgan fingerprint density at radius 2 is 1.67 bits per heavy atom. The summed E-state index contributed by atoms with van der Waals surface area (Å²) in [5.74, 6) is 0.590. The molecule has 0 radical (unpaired) electrons. The smallest absolute Gasteiger partial charge is 0.213 e. The summed E-state index contributed by atoms with van der Waals surface area (Å²) in [4.78, 5) is 0. The summed E-state index contributed by atoms with van der Waals surface area (Å²) in [6.45, 7) is 0. The summed E-state index contributed by atoms with van der Waals surface area (Å²) in [5, 5.41) is 4.98. The molecule has 0 aliphatic heterocycles. The topological polar surface area (TPSA) is 78.6 Å². The van der Waals surface area contributed by atoms with Crippen molar-refractivity contribution in [1.82, 2.24) is 0 Å². The first-order valence-corrected chi connectivity index (χ1v) is 5.90. The number of ether oxygens (including phenoxy) is 2. The summed E-state index contributed by atoms with van der Waals surface area (Å²) >= 11 is 0. The van der Waals surface area contributed by atoms with Gasteiger partial charge in [-0.15, -0.1) is 0 Å². The highest BCUT2D eigenvalue weighted by atomic mass is 32.2. The Kier molecular flexibility index (Phi) is 3.54. The maximum atomic E-state index is 11.0. The monoisotopic (exact) mass is 231 g/mol. The summed E-state index contributed by atoms with van der Waals surface area (Å²) in [5.41, 5.74) is 0.435. The number of hydrogen-bond donors (Lipinski definition) is 1. The molecule has 0 unspecified atom stereocenters. The van der Waals surface area contributed by atoms with E-state index in [1.807, 2.05) is 0 Å². The van der Waals surface area contributed by atoms with Crippen LogP contribution in [0.4, 0.5) is 0 Å². The molecule has 0 amide bonds. The molecule has 0 aromatic heterocycles. The SMILES string of the molecule is COc1cccc(OC)c1CS(N)(=O)=O. The van der Waals surface area contributed by atoms with E-state index in [4.69, 9.17) is 14.6 Å². The zero-order chi connectivity index (χ0) is 11.5. The first-order chi connectivity index (χ1) is 6.98. The lowest BCUT2D eigenvalue weighted by Gasteiger charge is -2.11. The number of methoxy groups -OCH3 is 2. The second kappa shape index (κ2) is 4.50. The molecule has 0 aliphatic carbocycles. The van der Waals surface area contributed by atoms with Crippen LogP contribution in [0.1, 0.15) is 5.56 Å². The van der Waals surface area contributed by atoms with E-state index >= 15 is 0 Å². The van der Waals surface area contributed by atoms with Crippen LogP contribution in [-0.2, 0) is 15.8 Å². The molecule has 6 heteroatoms. The van der Waals surface area contributed by atoms with E-state index in [9.17, 15) is 8.42 Å². The summed E-state index contributed by atoms with van der Waals surface area (Å²) < 4.78 is 32.1. The highest BCUT2D eigenvalue weighted by Crippen LogP contribution is 2.29. The fourth-order valence-corrected chi connectivity index (χ4v) is 1.96. The molecule has 1 aromatic carbocycles. The molecule has 0 fully saturated rings. The predicted octanol–water partition coefficient (Wildman–Crippen LogP) is 0.492. The third-order valence-electron chi connectivity index (χ3n) is 1.88. The van der Waals surface area contributed by atoms with E-state index in [0.717, 1.165) is 0 Å². The van der Waals surface area contributed by atoms with E-state index in [2.05, 4.69) is 0 Å². The van der Waals surface area contributed by atoms with Gasteiger partial charge in [0.2, 0.25) is 10.0 Å². The highest BCUT2D eigenvalue weighted by molar-refractivity contribution is 7.88. The van der Waals surface area contributed by atoms with Crippen LogP contribution in [0, 0.1) is 0 Å². The second-order valence-electron chi connectivity index (χ2n) is 2.95. The minimum absolute atomic E-state index is 0.305. The molecule has 0 spiro atoms. The van der Waals surface area contributed by atoms with Gasteiger partial charge in [0.05, 0.1) is 25.5 Å². The van der Waals surface area contributed by atoms with Crippen LogP contribution in [0.3, 0.4) is 0 Å². The zero-order valence-corrected chi connectivity index (χ0v) is 9.37. The van der Waals surface area contributed by atoms with E-state index in [1.54, 1.807) is 18.2 Å². The summed E-state index contributed by atoms with van der Waals surface area (Å²) in [7, 11) is -0.683. The van der Waals surface area contributed by atoms with Crippen LogP contribution in [0.5, 0.6) is 11.5 Å². The Balaban J connectivity index is 3.22. The summed E-state index contributed by atoms with van der Waals surface area (Å²) in [6.07, 6.45) is 0. The van der Waals surface area contributed by atoms with Crippen LogP contribution in [0.15, 0.2) is 18.2 Å². The molecular formula is C9H13NO4S. The van der Waals surface area contributed by atoms with Crippen LogP contribution < -0.4 is 14.6 Å². The van der Waals surface area contributed by atoms with Crippen molar-refractivity contribution < 1.29 is 17.9 Å². The molecule has 5 nitrogen and oxygen atoms in total. The van der Waals surface area contributed by atoms with Crippen molar-refractivity contribution in [1.29, 1.82) is 0 Å². The number of hydrogen-bond acceptors (Lipinski definition) is 4. The van der Waals surface area contributed by atoms with Gasteiger partial charge in [-0.3, -0.25) is 0 Å². The van der Waals surface area contributed by atoms with Gasteiger partial charge in [0, 0.05) is 0 Å². The molecule has 0 heterocycles. The number of nitrogens with two attached hydrogens (primary N) is 1. The average molecular weight is 231 g/mol. The maximum absolute atomic E-state index is 11.0. The second-order valence-corrected chi connectivity index (χ2v) is 4.56. The Hall–Kier alpha value is -1.27. The Labute approximate surface area is 88.9 Å². The molecular weight excluding hydrogens is 218 g/mol. The largest absolute Gasteiger partial charge is 0.496 e. The van der Waals surface area contributed by atoms with Crippen molar-refractivity contribution >= 4 is 10.0 Å². The average Bonchev–Trinajstić information content (AvgIpc) is 2.16. The normalized spacial score (nSPS) is 11.1. The van der Waals surface area contributed by atoms with E-state index in [1.165, 1.54) is 14.2 Å². The standard InChI is InChI=1S/C9H13NO4S/c1-13-8-4-3-5-9(14-2)7(8)6-15(10,11)12/h3-5H,6H2,1-2H3,(H2,10,11,12). The van der Waals surface area contributed by atoms with Crippen molar-refractivity contribution in [2.75, 3.05) is 14.2 Å². The fraction of sp³-hybridized carbons (Fsp3) is 0.333. The van der Waals surface area contributed by atoms with E-state index in [0.29, 0.717) is 17.1 Å². The molecule has 84 valence electrons. The number of benzene rings is 1. The van der Waals surface area contributed by atoms with Gasteiger partial charge in [-0.05, 0) is 12.1 Å².